The summed E-state index contributed by atoms with van der Waals surface area (Å²) in [6, 6.07) is 10.5. The van der Waals surface area contributed by atoms with Crippen molar-refractivity contribution in [3.63, 3.8) is 0 Å². The molecule has 4 rings (SSSR count). The number of anilines is 1. The van der Waals surface area contributed by atoms with Crippen molar-refractivity contribution >= 4 is 40.6 Å². The maximum absolute atomic E-state index is 13.1. The topological polar surface area (TPSA) is 77.1 Å². The molecular formula is C19H17N3O2S2. The molecule has 2 amide bonds. The van der Waals surface area contributed by atoms with Crippen LogP contribution >= 0.6 is 23.1 Å². The summed E-state index contributed by atoms with van der Waals surface area (Å²) in [4.78, 5) is 25.5. The Labute approximate surface area is 159 Å². The fourth-order valence-electron chi connectivity index (χ4n) is 3.02. The predicted octanol–water partition coefficient (Wildman–Crippen LogP) is 3.68. The molecule has 0 bridgehead atoms. The van der Waals surface area contributed by atoms with E-state index in [0.29, 0.717) is 11.3 Å². The summed E-state index contributed by atoms with van der Waals surface area (Å²) in [5.41, 5.74) is 8.23. The summed E-state index contributed by atoms with van der Waals surface area (Å²) in [6.45, 7) is 0. The number of fused-ring (bicyclic) bond motifs is 1. The van der Waals surface area contributed by atoms with Crippen LogP contribution in [0.5, 0.6) is 0 Å². The standard InChI is InChI=1S/C19H17N3O2S2/c20-17(23)12-3-5-13(6-4-12)21-18(24)16-14-7-10-25-11-15(14)26-19(16)22-8-1-2-9-22/h1-6,8-9H,7,10-11H2,(H2,20,23)(H,21,24). The van der Waals surface area contributed by atoms with Crippen molar-refractivity contribution in [2.45, 2.75) is 12.2 Å². The van der Waals surface area contributed by atoms with Crippen LogP contribution in [0, 0.1) is 0 Å². The zero-order valence-electron chi connectivity index (χ0n) is 13.9. The van der Waals surface area contributed by atoms with E-state index >= 15 is 0 Å². The van der Waals surface area contributed by atoms with Gasteiger partial charge in [0.1, 0.15) is 5.00 Å². The number of hydrogen-bond donors (Lipinski definition) is 2. The van der Waals surface area contributed by atoms with Gasteiger partial charge in [-0.2, -0.15) is 11.8 Å². The zero-order valence-corrected chi connectivity index (χ0v) is 15.5. The van der Waals surface area contributed by atoms with Gasteiger partial charge in [-0.25, -0.2) is 0 Å². The Morgan fingerprint density at radius 1 is 1.12 bits per heavy atom. The maximum atomic E-state index is 13.1. The fourth-order valence-corrected chi connectivity index (χ4v) is 5.46. The molecule has 26 heavy (non-hydrogen) atoms. The lowest BCUT2D eigenvalue weighted by atomic mass is 10.1. The highest BCUT2D eigenvalue weighted by Gasteiger charge is 2.26. The van der Waals surface area contributed by atoms with Crippen LogP contribution in [0.1, 0.15) is 31.2 Å². The van der Waals surface area contributed by atoms with Crippen molar-refractivity contribution in [1.29, 1.82) is 0 Å². The van der Waals surface area contributed by atoms with Crippen LogP contribution < -0.4 is 11.1 Å². The lowest BCUT2D eigenvalue weighted by molar-refractivity contribution is 0.0998. The third kappa shape index (κ3) is 3.15. The normalized spacial score (nSPS) is 13.2. The highest BCUT2D eigenvalue weighted by molar-refractivity contribution is 7.98. The van der Waals surface area contributed by atoms with Crippen LogP contribution in [0.3, 0.4) is 0 Å². The van der Waals surface area contributed by atoms with Crippen LogP contribution in [-0.2, 0) is 12.2 Å². The van der Waals surface area contributed by atoms with Crippen LogP contribution in [-0.4, -0.2) is 22.1 Å². The van der Waals surface area contributed by atoms with Gasteiger partial charge < -0.3 is 15.6 Å². The van der Waals surface area contributed by atoms with Crippen molar-refractivity contribution in [1.82, 2.24) is 4.57 Å². The third-order valence-electron chi connectivity index (χ3n) is 4.29. The summed E-state index contributed by atoms with van der Waals surface area (Å²) < 4.78 is 2.00. The molecule has 2 aromatic heterocycles. The molecule has 0 atom stereocenters. The number of hydrogen-bond acceptors (Lipinski definition) is 4. The molecule has 1 aliphatic rings. The number of thiophene rings is 1. The molecule has 0 saturated carbocycles. The van der Waals surface area contributed by atoms with Gasteiger partial charge in [0.2, 0.25) is 5.91 Å². The Morgan fingerprint density at radius 3 is 2.54 bits per heavy atom. The molecule has 0 unspecified atom stereocenters. The van der Waals surface area contributed by atoms with E-state index < -0.39 is 5.91 Å². The summed E-state index contributed by atoms with van der Waals surface area (Å²) in [5, 5.41) is 3.91. The quantitative estimate of drug-likeness (QED) is 0.721. The largest absolute Gasteiger partial charge is 0.366 e. The van der Waals surface area contributed by atoms with Gasteiger partial charge in [-0.1, -0.05) is 0 Å². The summed E-state index contributed by atoms with van der Waals surface area (Å²) >= 11 is 3.59. The number of benzene rings is 1. The highest BCUT2D eigenvalue weighted by Crippen LogP contribution is 2.38. The van der Waals surface area contributed by atoms with Crippen molar-refractivity contribution in [3.05, 3.63) is 70.4 Å². The van der Waals surface area contributed by atoms with Crippen molar-refractivity contribution in [2.75, 3.05) is 11.1 Å². The van der Waals surface area contributed by atoms with Gasteiger partial charge in [0.05, 0.1) is 5.56 Å². The molecule has 1 aliphatic heterocycles. The van der Waals surface area contributed by atoms with Crippen molar-refractivity contribution in [2.24, 2.45) is 5.73 Å². The Balaban J connectivity index is 1.68. The minimum Gasteiger partial charge on any atom is -0.366 e. The van der Waals surface area contributed by atoms with E-state index in [2.05, 4.69) is 5.32 Å². The van der Waals surface area contributed by atoms with E-state index in [0.717, 1.165) is 34.1 Å². The van der Waals surface area contributed by atoms with Crippen LogP contribution in [0.15, 0.2) is 48.8 Å². The molecule has 3 aromatic rings. The Morgan fingerprint density at radius 2 is 1.85 bits per heavy atom. The minimum absolute atomic E-state index is 0.120. The second-order valence-electron chi connectivity index (χ2n) is 5.97. The van der Waals surface area contributed by atoms with Crippen LogP contribution in [0.2, 0.25) is 0 Å². The van der Waals surface area contributed by atoms with E-state index in [1.165, 1.54) is 4.88 Å². The van der Waals surface area contributed by atoms with Gasteiger partial charge in [0.15, 0.2) is 0 Å². The predicted molar refractivity (Wildman–Crippen MR) is 106 cm³/mol. The molecule has 5 nitrogen and oxygen atoms in total. The number of primary amides is 1. The van der Waals surface area contributed by atoms with E-state index in [-0.39, 0.29) is 5.91 Å². The van der Waals surface area contributed by atoms with Crippen molar-refractivity contribution < 1.29 is 9.59 Å². The third-order valence-corrected chi connectivity index (χ3v) is 6.71. The first-order valence-corrected chi connectivity index (χ1v) is 10.2. The number of rotatable bonds is 4. The van der Waals surface area contributed by atoms with E-state index in [1.54, 1.807) is 35.6 Å². The van der Waals surface area contributed by atoms with Gasteiger partial charge in [0.25, 0.3) is 5.91 Å². The number of nitrogens with zero attached hydrogens (tertiary/aromatic N) is 1. The van der Waals surface area contributed by atoms with Crippen LogP contribution in [0.4, 0.5) is 5.69 Å². The highest BCUT2D eigenvalue weighted by atomic mass is 32.2. The number of nitrogens with two attached hydrogens (primary N) is 1. The Bertz CT molecular complexity index is 960. The van der Waals surface area contributed by atoms with Crippen LogP contribution in [0.25, 0.3) is 5.00 Å². The molecule has 0 radical (unpaired) electrons. The van der Waals surface area contributed by atoms with E-state index in [9.17, 15) is 9.59 Å². The molecule has 132 valence electrons. The average Bonchev–Trinajstić information content (AvgIpc) is 3.29. The first-order valence-electron chi connectivity index (χ1n) is 8.20. The lowest BCUT2D eigenvalue weighted by Gasteiger charge is -2.13. The number of nitrogens with one attached hydrogen (secondary N) is 1. The lowest BCUT2D eigenvalue weighted by Crippen LogP contribution is -2.17. The molecule has 3 heterocycles. The van der Waals surface area contributed by atoms with Gasteiger partial charge in [-0.15, -0.1) is 11.3 Å². The average molecular weight is 383 g/mol. The molecule has 0 spiro atoms. The fraction of sp³-hybridized carbons (Fsp3) is 0.158. The SMILES string of the molecule is NC(=O)c1ccc(NC(=O)c2c(-n3cccc3)sc3c2CCSC3)cc1. The summed E-state index contributed by atoms with van der Waals surface area (Å²) in [7, 11) is 0. The number of thioether (sulfide) groups is 1. The molecule has 0 saturated heterocycles. The van der Waals surface area contributed by atoms with Gasteiger partial charge >= 0.3 is 0 Å². The van der Waals surface area contributed by atoms with Gasteiger partial charge in [-0.05, 0) is 54.1 Å². The second-order valence-corrected chi connectivity index (χ2v) is 8.16. The molecule has 3 N–H and O–H groups in total. The molecular weight excluding hydrogens is 366 g/mol. The van der Waals surface area contributed by atoms with Crippen molar-refractivity contribution in [3.8, 4) is 5.00 Å². The number of carbonyl (C=O) groups excluding carboxylic acids is 2. The second kappa shape index (κ2) is 7.01. The minimum atomic E-state index is -0.484. The number of carbonyl (C=O) groups is 2. The number of amides is 2. The Kier molecular flexibility index (Phi) is 4.57. The van der Waals surface area contributed by atoms with E-state index in [1.807, 2.05) is 40.9 Å². The maximum Gasteiger partial charge on any atom is 0.258 e. The first-order chi connectivity index (χ1) is 12.6. The van der Waals surface area contributed by atoms with Gasteiger partial charge in [0, 0.05) is 34.3 Å². The molecule has 7 heteroatoms. The zero-order chi connectivity index (χ0) is 18.1. The molecule has 0 fully saturated rings. The van der Waals surface area contributed by atoms with Gasteiger partial charge in [-0.3, -0.25) is 9.59 Å². The molecule has 1 aromatic carbocycles. The summed E-state index contributed by atoms with van der Waals surface area (Å²) in [6.07, 6.45) is 4.83. The monoisotopic (exact) mass is 383 g/mol. The Hall–Kier alpha value is -2.51. The number of aromatic nitrogens is 1. The summed E-state index contributed by atoms with van der Waals surface area (Å²) in [5.74, 6) is 1.38. The van der Waals surface area contributed by atoms with E-state index in [4.69, 9.17) is 5.73 Å². The molecule has 0 aliphatic carbocycles. The first kappa shape index (κ1) is 16.9. The smallest absolute Gasteiger partial charge is 0.258 e.